The van der Waals surface area contributed by atoms with Gasteiger partial charge >= 0.3 is 6.03 Å². The van der Waals surface area contributed by atoms with Crippen LogP contribution in [0.4, 0.5) is 9.18 Å². The van der Waals surface area contributed by atoms with Gasteiger partial charge in [0.25, 0.3) is 5.91 Å². The molecule has 2 aliphatic rings. The fraction of sp³-hybridized carbons (Fsp3) is 0.444. The molecule has 144 valence electrons. The van der Waals surface area contributed by atoms with Crippen LogP contribution >= 0.6 is 0 Å². The molecule has 0 radical (unpaired) electrons. The quantitative estimate of drug-likeness (QED) is 0.725. The molecule has 0 spiro atoms. The predicted octanol–water partition coefficient (Wildman–Crippen LogP) is 0.346. The number of hydrogen-bond acceptors (Lipinski definition) is 4. The number of nitrogens with one attached hydrogen (secondary N) is 2. The van der Waals surface area contributed by atoms with Crippen molar-refractivity contribution in [1.82, 2.24) is 20.4 Å². The first-order valence-corrected chi connectivity index (χ1v) is 8.82. The minimum atomic E-state index is -0.548. The van der Waals surface area contributed by atoms with E-state index < -0.39 is 17.8 Å². The number of halogens is 1. The summed E-state index contributed by atoms with van der Waals surface area (Å²) in [5.74, 6) is -1.21. The lowest BCUT2D eigenvalue weighted by Gasteiger charge is -2.33. The third-order valence-corrected chi connectivity index (χ3v) is 4.72. The number of carbonyl (C=O) groups excluding carboxylic acids is 4. The average Bonchev–Trinajstić information content (AvgIpc) is 2.97. The molecular formula is C18H21FN4O4. The summed E-state index contributed by atoms with van der Waals surface area (Å²) in [5.41, 5.74) is 0.379. The normalized spacial score (nSPS) is 19.8. The second kappa shape index (κ2) is 8.15. The molecule has 5 amide bonds. The van der Waals surface area contributed by atoms with Crippen LogP contribution < -0.4 is 10.6 Å². The molecule has 27 heavy (non-hydrogen) atoms. The number of nitrogens with zero attached hydrogens (tertiary/aromatic N) is 2. The van der Waals surface area contributed by atoms with Gasteiger partial charge in [-0.25, -0.2) is 9.18 Å². The maximum atomic E-state index is 12.9. The van der Waals surface area contributed by atoms with Crippen molar-refractivity contribution in [2.24, 2.45) is 5.92 Å². The molecule has 2 heterocycles. The van der Waals surface area contributed by atoms with E-state index in [1.165, 1.54) is 29.2 Å². The summed E-state index contributed by atoms with van der Waals surface area (Å²) in [6.07, 6.45) is 1.67. The number of piperidine rings is 1. The van der Waals surface area contributed by atoms with Crippen LogP contribution in [0.1, 0.15) is 23.2 Å². The summed E-state index contributed by atoms with van der Waals surface area (Å²) >= 11 is 0. The van der Waals surface area contributed by atoms with Crippen LogP contribution in [-0.2, 0) is 9.59 Å². The number of urea groups is 1. The number of carbonyl (C=O) groups is 4. The zero-order chi connectivity index (χ0) is 19.4. The van der Waals surface area contributed by atoms with E-state index in [4.69, 9.17) is 0 Å². The van der Waals surface area contributed by atoms with E-state index in [2.05, 4.69) is 10.6 Å². The fourth-order valence-corrected chi connectivity index (χ4v) is 3.27. The molecule has 1 aromatic rings. The van der Waals surface area contributed by atoms with E-state index in [0.717, 1.165) is 12.8 Å². The zero-order valence-electron chi connectivity index (χ0n) is 14.7. The lowest BCUT2D eigenvalue weighted by Crippen LogP contribution is -2.47. The SMILES string of the molecule is O=C1CN(CC(=O)N2CCC[C@H](CNC(=O)c3ccc(F)cc3)C2)C(=O)N1. The summed E-state index contributed by atoms with van der Waals surface area (Å²) in [4.78, 5) is 50.1. The van der Waals surface area contributed by atoms with Crippen LogP contribution in [0.15, 0.2) is 24.3 Å². The summed E-state index contributed by atoms with van der Waals surface area (Å²) < 4.78 is 12.9. The second-order valence-corrected chi connectivity index (χ2v) is 6.77. The van der Waals surface area contributed by atoms with Crippen LogP contribution in [0.2, 0.25) is 0 Å². The lowest BCUT2D eigenvalue weighted by atomic mass is 9.97. The highest BCUT2D eigenvalue weighted by Gasteiger charge is 2.31. The van der Waals surface area contributed by atoms with E-state index in [0.29, 0.717) is 25.2 Å². The maximum absolute atomic E-state index is 12.9. The first kappa shape index (κ1) is 18.8. The Kier molecular flexibility index (Phi) is 5.68. The number of hydrogen-bond donors (Lipinski definition) is 2. The molecule has 0 aromatic heterocycles. The van der Waals surface area contributed by atoms with Crippen molar-refractivity contribution >= 4 is 23.8 Å². The van der Waals surface area contributed by atoms with E-state index in [-0.39, 0.29) is 30.8 Å². The predicted molar refractivity (Wildman–Crippen MR) is 93.1 cm³/mol. The molecule has 0 bridgehead atoms. The third kappa shape index (κ3) is 4.81. The number of benzene rings is 1. The zero-order valence-corrected chi connectivity index (χ0v) is 14.7. The molecule has 9 heteroatoms. The summed E-state index contributed by atoms with van der Waals surface area (Å²) in [5, 5.41) is 4.96. The Bertz CT molecular complexity index is 752. The third-order valence-electron chi connectivity index (χ3n) is 4.72. The van der Waals surface area contributed by atoms with Crippen molar-refractivity contribution < 1.29 is 23.6 Å². The van der Waals surface area contributed by atoms with Gasteiger partial charge in [-0.15, -0.1) is 0 Å². The molecule has 0 unspecified atom stereocenters. The van der Waals surface area contributed by atoms with E-state index in [1.807, 2.05) is 0 Å². The largest absolute Gasteiger partial charge is 0.352 e. The van der Waals surface area contributed by atoms with Crippen molar-refractivity contribution in [3.63, 3.8) is 0 Å². The Hall–Kier alpha value is -2.97. The van der Waals surface area contributed by atoms with Gasteiger partial charge < -0.3 is 15.1 Å². The smallest absolute Gasteiger partial charge is 0.325 e. The topological polar surface area (TPSA) is 98.8 Å². The van der Waals surface area contributed by atoms with Crippen molar-refractivity contribution in [2.75, 3.05) is 32.7 Å². The Morgan fingerprint density at radius 1 is 1.22 bits per heavy atom. The van der Waals surface area contributed by atoms with Gasteiger partial charge in [-0.2, -0.15) is 0 Å². The molecule has 2 saturated heterocycles. The minimum Gasteiger partial charge on any atom is -0.352 e. The van der Waals surface area contributed by atoms with Crippen molar-refractivity contribution in [2.45, 2.75) is 12.8 Å². The van der Waals surface area contributed by atoms with Gasteiger partial charge in [0.1, 0.15) is 18.9 Å². The molecule has 2 N–H and O–H groups in total. The van der Waals surface area contributed by atoms with E-state index in [1.54, 1.807) is 4.90 Å². The van der Waals surface area contributed by atoms with Crippen molar-refractivity contribution in [3.05, 3.63) is 35.6 Å². The number of likely N-dealkylation sites (tertiary alicyclic amines) is 1. The first-order valence-electron chi connectivity index (χ1n) is 8.82. The van der Waals surface area contributed by atoms with Crippen molar-refractivity contribution in [1.29, 1.82) is 0 Å². The monoisotopic (exact) mass is 376 g/mol. The molecule has 1 aromatic carbocycles. The lowest BCUT2D eigenvalue weighted by molar-refractivity contribution is -0.133. The van der Waals surface area contributed by atoms with Crippen LogP contribution in [0.5, 0.6) is 0 Å². The molecule has 2 fully saturated rings. The number of imide groups is 1. The fourth-order valence-electron chi connectivity index (χ4n) is 3.27. The standard InChI is InChI=1S/C18H21FN4O4/c19-14-5-3-13(4-6-14)17(26)20-8-12-2-1-7-22(9-12)16(25)11-23-10-15(24)21-18(23)27/h3-6,12H,1-2,7-11H2,(H,20,26)(H,21,24,27)/t12-/m1/s1. The van der Waals surface area contributed by atoms with Crippen LogP contribution in [0.25, 0.3) is 0 Å². The van der Waals surface area contributed by atoms with Crippen LogP contribution in [0, 0.1) is 11.7 Å². The summed E-state index contributed by atoms with van der Waals surface area (Å²) in [6, 6.07) is 4.76. The summed E-state index contributed by atoms with van der Waals surface area (Å²) in [6.45, 7) is 1.24. The molecule has 1 atom stereocenters. The Morgan fingerprint density at radius 2 is 1.96 bits per heavy atom. The van der Waals surface area contributed by atoms with Gasteiger partial charge in [-0.3, -0.25) is 19.7 Å². The highest BCUT2D eigenvalue weighted by molar-refractivity contribution is 6.03. The van der Waals surface area contributed by atoms with Gasteiger partial charge in [0.15, 0.2) is 0 Å². The number of rotatable bonds is 5. The van der Waals surface area contributed by atoms with Gasteiger partial charge in [0, 0.05) is 25.2 Å². The van der Waals surface area contributed by atoms with Gasteiger partial charge in [0.2, 0.25) is 11.8 Å². The molecule has 2 aliphatic heterocycles. The van der Waals surface area contributed by atoms with E-state index >= 15 is 0 Å². The van der Waals surface area contributed by atoms with E-state index in [9.17, 15) is 23.6 Å². The minimum absolute atomic E-state index is 0.0983. The average molecular weight is 376 g/mol. The first-order chi connectivity index (χ1) is 12.9. The highest BCUT2D eigenvalue weighted by Crippen LogP contribution is 2.17. The Balaban J connectivity index is 1.48. The Labute approximate surface area is 155 Å². The van der Waals surface area contributed by atoms with Crippen molar-refractivity contribution in [3.8, 4) is 0 Å². The van der Waals surface area contributed by atoms with Crippen LogP contribution in [0.3, 0.4) is 0 Å². The molecule has 0 aliphatic carbocycles. The summed E-state index contributed by atoms with van der Waals surface area (Å²) in [7, 11) is 0. The second-order valence-electron chi connectivity index (χ2n) is 6.77. The molecular weight excluding hydrogens is 355 g/mol. The van der Waals surface area contributed by atoms with Gasteiger partial charge in [0.05, 0.1) is 0 Å². The number of amides is 5. The Morgan fingerprint density at radius 3 is 2.63 bits per heavy atom. The van der Waals surface area contributed by atoms with Gasteiger partial charge in [-0.1, -0.05) is 0 Å². The molecule has 3 rings (SSSR count). The molecule has 8 nitrogen and oxygen atoms in total. The van der Waals surface area contributed by atoms with Gasteiger partial charge in [-0.05, 0) is 43.0 Å². The highest BCUT2D eigenvalue weighted by atomic mass is 19.1. The maximum Gasteiger partial charge on any atom is 0.325 e. The van der Waals surface area contributed by atoms with Crippen LogP contribution in [-0.4, -0.2) is 66.3 Å². The molecule has 0 saturated carbocycles.